The number of carbonyl (C=O) groups is 1. The summed E-state index contributed by atoms with van der Waals surface area (Å²) in [5.74, 6) is 0.00620. The summed E-state index contributed by atoms with van der Waals surface area (Å²) >= 11 is 11.7. The second-order valence-corrected chi connectivity index (χ2v) is 4.56. The molecule has 5 nitrogen and oxygen atoms in total. The lowest BCUT2D eigenvalue weighted by molar-refractivity contribution is -0.115. The molecule has 0 atom stereocenters. The zero-order valence-corrected chi connectivity index (χ0v) is 11.1. The minimum atomic E-state index is -0.279. The molecule has 2 aromatic rings. The number of H-pyrrole nitrogens is 1. The van der Waals surface area contributed by atoms with Crippen LogP contribution in [0.25, 0.3) is 0 Å². The summed E-state index contributed by atoms with van der Waals surface area (Å²) < 4.78 is 0. The summed E-state index contributed by atoms with van der Waals surface area (Å²) in [6, 6.07) is 6.88. The van der Waals surface area contributed by atoms with Crippen molar-refractivity contribution in [2.45, 2.75) is 6.42 Å². The van der Waals surface area contributed by atoms with Crippen LogP contribution in [0.5, 0.6) is 0 Å². The average Bonchev–Trinajstić information content (AvgIpc) is 2.81. The number of hydrogen-bond donors (Lipinski definition) is 2. The standard InChI is InChI=1S/C12H8Cl2N4O/c13-9-2-1-7(3-10(9)14)4-11(19)17-12-8(5-15)6-16-18-12/h1-3,6H,4H2,(H2,16,17,18,19). The van der Waals surface area contributed by atoms with Gasteiger partial charge in [-0.15, -0.1) is 0 Å². The van der Waals surface area contributed by atoms with Gasteiger partial charge < -0.3 is 5.32 Å². The van der Waals surface area contributed by atoms with Crippen molar-refractivity contribution in [1.82, 2.24) is 10.2 Å². The molecule has 2 rings (SSSR count). The number of aromatic nitrogens is 2. The molecule has 1 amide bonds. The Morgan fingerprint density at radius 3 is 2.89 bits per heavy atom. The first kappa shape index (κ1) is 13.4. The molecule has 19 heavy (non-hydrogen) atoms. The predicted molar refractivity (Wildman–Crippen MR) is 72.1 cm³/mol. The number of nitrogens with zero attached hydrogens (tertiary/aromatic N) is 2. The molecule has 0 saturated carbocycles. The van der Waals surface area contributed by atoms with Crippen molar-refractivity contribution in [2.75, 3.05) is 5.32 Å². The Labute approximate surface area is 119 Å². The zero-order valence-electron chi connectivity index (χ0n) is 9.58. The minimum absolute atomic E-state index is 0.126. The first-order valence-corrected chi connectivity index (χ1v) is 6.03. The fourth-order valence-corrected chi connectivity index (χ4v) is 1.81. The van der Waals surface area contributed by atoms with Crippen LogP contribution in [0.3, 0.4) is 0 Å². The highest BCUT2D eigenvalue weighted by Gasteiger charge is 2.10. The van der Waals surface area contributed by atoms with Gasteiger partial charge in [0.15, 0.2) is 0 Å². The molecule has 0 spiro atoms. The van der Waals surface area contributed by atoms with Gasteiger partial charge in [0.05, 0.1) is 22.7 Å². The third-order valence-electron chi connectivity index (χ3n) is 2.37. The highest BCUT2D eigenvalue weighted by atomic mass is 35.5. The van der Waals surface area contributed by atoms with E-state index in [1.54, 1.807) is 18.2 Å². The number of rotatable bonds is 3. The number of anilines is 1. The van der Waals surface area contributed by atoms with Crippen LogP contribution in [-0.2, 0) is 11.2 Å². The maximum absolute atomic E-state index is 11.8. The number of carbonyl (C=O) groups excluding carboxylic acids is 1. The zero-order chi connectivity index (χ0) is 13.8. The highest BCUT2D eigenvalue weighted by Crippen LogP contribution is 2.23. The first-order chi connectivity index (χ1) is 9.10. The van der Waals surface area contributed by atoms with Gasteiger partial charge in [0.1, 0.15) is 17.5 Å². The smallest absolute Gasteiger partial charge is 0.229 e. The highest BCUT2D eigenvalue weighted by molar-refractivity contribution is 6.42. The van der Waals surface area contributed by atoms with Gasteiger partial charge in [0.25, 0.3) is 0 Å². The lowest BCUT2D eigenvalue weighted by atomic mass is 10.1. The van der Waals surface area contributed by atoms with Crippen molar-refractivity contribution in [3.63, 3.8) is 0 Å². The van der Waals surface area contributed by atoms with Crippen molar-refractivity contribution in [3.8, 4) is 6.07 Å². The molecule has 0 unspecified atom stereocenters. The molecule has 0 fully saturated rings. The summed E-state index contributed by atoms with van der Waals surface area (Å²) in [6.45, 7) is 0. The van der Waals surface area contributed by atoms with Gasteiger partial charge in [0, 0.05) is 0 Å². The second kappa shape index (κ2) is 5.74. The van der Waals surface area contributed by atoms with Gasteiger partial charge in [-0.1, -0.05) is 29.3 Å². The molecule has 0 radical (unpaired) electrons. The average molecular weight is 295 g/mol. The SMILES string of the molecule is N#Cc1cn[nH]c1NC(=O)Cc1ccc(Cl)c(Cl)c1. The molecule has 1 aromatic heterocycles. The van der Waals surface area contributed by atoms with E-state index in [2.05, 4.69) is 15.5 Å². The third kappa shape index (κ3) is 3.25. The lowest BCUT2D eigenvalue weighted by Crippen LogP contribution is -2.15. The van der Waals surface area contributed by atoms with Crippen LogP contribution in [0.2, 0.25) is 10.0 Å². The van der Waals surface area contributed by atoms with Gasteiger partial charge in [-0.3, -0.25) is 9.89 Å². The number of nitriles is 1. The molecule has 0 bridgehead atoms. The Bertz CT molecular complexity index is 660. The van der Waals surface area contributed by atoms with Gasteiger partial charge in [-0.05, 0) is 17.7 Å². The molecule has 0 aliphatic heterocycles. The number of amides is 1. The summed E-state index contributed by atoms with van der Waals surface area (Å²) in [5.41, 5.74) is 1.01. The minimum Gasteiger partial charge on any atom is -0.310 e. The van der Waals surface area contributed by atoms with Gasteiger partial charge in [0.2, 0.25) is 5.91 Å². The molecule has 0 aliphatic carbocycles. The van der Waals surface area contributed by atoms with Gasteiger partial charge >= 0.3 is 0 Å². The maximum Gasteiger partial charge on any atom is 0.229 e. The van der Waals surface area contributed by atoms with Crippen molar-refractivity contribution >= 4 is 34.9 Å². The quantitative estimate of drug-likeness (QED) is 0.913. The van der Waals surface area contributed by atoms with E-state index >= 15 is 0 Å². The number of aromatic amines is 1. The third-order valence-corrected chi connectivity index (χ3v) is 3.11. The van der Waals surface area contributed by atoms with E-state index in [9.17, 15) is 4.79 Å². The second-order valence-electron chi connectivity index (χ2n) is 3.74. The molecule has 1 aromatic carbocycles. The normalized spacial score (nSPS) is 9.95. The van der Waals surface area contributed by atoms with Gasteiger partial charge in [-0.2, -0.15) is 10.4 Å². The number of hydrogen-bond acceptors (Lipinski definition) is 3. The molecule has 1 heterocycles. The van der Waals surface area contributed by atoms with Crippen molar-refractivity contribution in [1.29, 1.82) is 5.26 Å². The molecule has 0 aliphatic rings. The van der Waals surface area contributed by atoms with Crippen LogP contribution in [0.15, 0.2) is 24.4 Å². The largest absolute Gasteiger partial charge is 0.310 e. The molecule has 0 saturated heterocycles. The lowest BCUT2D eigenvalue weighted by Gasteiger charge is -2.04. The Balaban J connectivity index is 2.06. The fraction of sp³-hybridized carbons (Fsp3) is 0.0833. The molecule has 96 valence electrons. The van der Waals surface area contributed by atoms with E-state index in [0.717, 1.165) is 5.56 Å². The number of benzene rings is 1. The topological polar surface area (TPSA) is 81.6 Å². The maximum atomic E-state index is 11.8. The van der Waals surface area contributed by atoms with Crippen molar-refractivity contribution in [3.05, 3.63) is 45.6 Å². The Morgan fingerprint density at radius 2 is 2.21 bits per heavy atom. The summed E-state index contributed by atoms with van der Waals surface area (Å²) in [5, 5.41) is 18.4. The fourth-order valence-electron chi connectivity index (χ4n) is 1.48. The summed E-state index contributed by atoms with van der Waals surface area (Å²) in [6.07, 6.45) is 1.47. The first-order valence-electron chi connectivity index (χ1n) is 5.27. The Morgan fingerprint density at radius 1 is 1.42 bits per heavy atom. The molecule has 2 N–H and O–H groups in total. The van der Waals surface area contributed by atoms with E-state index in [0.29, 0.717) is 10.0 Å². The van der Waals surface area contributed by atoms with Crippen LogP contribution in [0.4, 0.5) is 5.82 Å². The van der Waals surface area contributed by atoms with E-state index < -0.39 is 0 Å². The van der Waals surface area contributed by atoms with Crippen LogP contribution in [0, 0.1) is 11.3 Å². The van der Waals surface area contributed by atoms with E-state index in [4.69, 9.17) is 28.5 Å². The predicted octanol–water partition coefficient (Wildman–Crippen LogP) is 2.77. The Kier molecular flexibility index (Phi) is 4.05. The summed E-state index contributed by atoms with van der Waals surface area (Å²) in [7, 11) is 0. The Hall–Kier alpha value is -2.03. The van der Waals surface area contributed by atoms with Crippen molar-refractivity contribution < 1.29 is 4.79 Å². The molecule has 7 heteroatoms. The molecular weight excluding hydrogens is 287 g/mol. The van der Waals surface area contributed by atoms with Crippen LogP contribution in [0.1, 0.15) is 11.1 Å². The number of halogens is 2. The van der Waals surface area contributed by atoms with Crippen molar-refractivity contribution in [2.24, 2.45) is 0 Å². The van der Waals surface area contributed by atoms with Crippen LogP contribution < -0.4 is 5.32 Å². The summed E-state index contributed by atoms with van der Waals surface area (Å²) in [4.78, 5) is 11.8. The van der Waals surface area contributed by atoms with E-state index in [-0.39, 0.29) is 23.7 Å². The van der Waals surface area contributed by atoms with Crippen LogP contribution in [-0.4, -0.2) is 16.1 Å². The van der Waals surface area contributed by atoms with Gasteiger partial charge in [-0.25, -0.2) is 0 Å². The van der Waals surface area contributed by atoms with Crippen LogP contribution >= 0.6 is 23.2 Å². The molecular formula is C12H8Cl2N4O. The monoisotopic (exact) mass is 294 g/mol. The van der Waals surface area contributed by atoms with E-state index in [1.807, 2.05) is 6.07 Å². The number of nitrogens with one attached hydrogen (secondary N) is 2. The van der Waals surface area contributed by atoms with E-state index in [1.165, 1.54) is 6.20 Å².